The molecule has 0 radical (unpaired) electrons. The van der Waals surface area contributed by atoms with Gasteiger partial charge in [0.1, 0.15) is 5.82 Å². The van der Waals surface area contributed by atoms with Crippen LogP contribution in [-0.4, -0.2) is 36.8 Å². The van der Waals surface area contributed by atoms with Gasteiger partial charge in [0.2, 0.25) is 5.95 Å². The number of nitrogens with two attached hydrogens (primary N) is 1. The summed E-state index contributed by atoms with van der Waals surface area (Å²) in [5.41, 5.74) is 0.994. The van der Waals surface area contributed by atoms with Crippen LogP contribution in [0.5, 0.6) is 0 Å². The van der Waals surface area contributed by atoms with Crippen molar-refractivity contribution in [3.63, 3.8) is 0 Å². The SMILES string of the molecule is CCN(CCOC)c1cc(C(F)(F)F)nc(NN)n1. The third kappa shape index (κ3) is 4.21. The van der Waals surface area contributed by atoms with E-state index in [0.717, 1.165) is 6.07 Å². The summed E-state index contributed by atoms with van der Waals surface area (Å²) in [5.74, 6) is 4.96. The molecule has 0 fully saturated rings. The zero-order valence-corrected chi connectivity index (χ0v) is 10.7. The van der Waals surface area contributed by atoms with Crippen LogP contribution in [0.1, 0.15) is 12.6 Å². The number of halogens is 3. The number of aromatic nitrogens is 2. The Morgan fingerprint density at radius 2 is 2.11 bits per heavy atom. The molecule has 1 heterocycles. The van der Waals surface area contributed by atoms with Gasteiger partial charge in [0.25, 0.3) is 0 Å². The molecule has 108 valence electrons. The molecule has 19 heavy (non-hydrogen) atoms. The lowest BCUT2D eigenvalue weighted by Crippen LogP contribution is -2.29. The van der Waals surface area contributed by atoms with E-state index in [9.17, 15) is 13.2 Å². The lowest BCUT2D eigenvalue weighted by Gasteiger charge is -2.22. The molecule has 0 spiro atoms. The number of alkyl halides is 3. The quantitative estimate of drug-likeness (QED) is 0.603. The van der Waals surface area contributed by atoms with Gasteiger partial charge >= 0.3 is 6.18 Å². The normalized spacial score (nSPS) is 11.5. The molecule has 6 nitrogen and oxygen atoms in total. The molecule has 0 aromatic carbocycles. The van der Waals surface area contributed by atoms with Gasteiger partial charge in [-0.2, -0.15) is 18.2 Å². The van der Waals surface area contributed by atoms with E-state index in [1.165, 1.54) is 7.11 Å². The molecule has 0 bridgehead atoms. The van der Waals surface area contributed by atoms with Crippen molar-refractivity contribution >= 4 is 11.8 Å². The highest BCUT2D eigenvalue weighted by Crippen LogP contribution is 2.30. The van der Waals surface area contributed by atoms with Crippen molar-refractivity contribution in [3.8, 4) is 0 Å². The number of hydrogen-bond donors (Lipinski definition) is 2. The summed E-state index contributed by atoms with van der Waals surface area (Å²) in [5, 5.41) is 0. The van der Waals surface area contributed by atoms with E-state index in [1.54, 1.807) is 11.8 Å². The molecule has 1 aromatic heterocycles. The zero-order valence-electron chi connectivity index (χ0n) is 10.7. The van der Waals surface area contributed by atoms with Crippen molar-refractivity contribution in [2.24, 2.45) is 5.84 Å². The maximum atomic E-state index is 12.7. The highest BCUT2D eigenvalue weighted by Gasteiger charge is 2.34. The number of methoxy groups -OCH3 is 1. The summed E-state index contributed by atoms with van der Waals surface area (Å²) in [6.07, 6.45) is -4.55. The van der Waals surface area contributed by atoms with E-state index in [4.69, 9.17) is 10.6 Å². The smallest absolute Gasteiger partial charge is 0.383 e. The maximum Gasteiger partial charge on any atom is 0.433 e. The Morgan fingerprint density at radius 3 is 2.58 bits per heavy atom. The Balaban J connectivity index is 3.11. The van der Waals surface area contributed by atoms with Gasteiger partial charge in [-0.15, -0.1) is 0 Å². The molecule has 0 amide bonds. The monoisotopic (exact) mass is 279 g/mol. The Kier molecular flexibility index (Phi) is 5.31. The Bertz CT molecular complexity index is 413. The Morgan fingerprint density at radius 1 is 1.42 bits per heavy atom. The molecule has 3 N–H and O–H groups in total. The van der Waals surface area contributed by atoms with Crippen LogP contribution in [0.3, 0.4) is 0 Å². The second-order valence-electron chi connectivity index (χ2n) is 3.65. The van der Waals surface area contributed by atoms with Crippen molar-refractivity contribution in [1.82, 2.24) is 9.97 Å². The van der Waals surface area contributed by atoms with Gasteiger partial charge < -0.3 is 9.64 Å². The zero-order chi connectivity index (χ0) is 14.5. The van der Waals surface area contributed by atoms with Gasteiger partial charge in [-0.25, -0.2) is 10.8 Å². The summed E-state index contributed by atoms with van der Waals surface area (Å²) in [6, 6.07) is 0.889. The van der Waals surface area contributed by atoms with Crippen molar-refractivity contribution in [2.45, 2.75) is 13.1 Å². The molecule has 0 aliphatic carbocycles. The minimum Gasteiger partial charge on any atom is -0.383 e. The van der Waals surface area contributed by atoms with Gasteiger partial charge in [0.05, 0.1) is 6.61 Å². The number of nitrogens with zero attached hydrogens (tertiary/aromatic N) is 3. The predicted molar refractivity (Wildman–Crippen MR) is 64.6 cm³/mol. The number of nitrogen functional groups attached to an aromatic ring is 1. The summed E-state index contributed by atoms with van der Waals surface area (Å²) < 4.78 is 43.0. The lowest BCUT2D eigenvalue weighted by atomic mass is 10.3. The molecule has 0 aliphatic rings. The highest BCUT2D eigenvalue weighted by molar-refractivity contribution is 5.45. The molecular weight excluding hydrogens is 263 g/mol. The van der Waals surface area contributed by atoms with Crippen molar-refractivity contribution < 1.29 is 17.9 Å². The van der Waals surface area contributed by atoms with E-state index in [1.807, 2.05) is 5.43 Å². The van der Waals surface area contributed by atoms with Crippen LogP contribution in [-0.2, 0) is 10.9 Å². The molecule has 1 rings (SSSR count). The van der Waals surface area contributed by atoms with Crippen LogP contribution in [0.15, 0.2) is 6.07 Å². The summed E-state index contributed by atoms with van der Waals surface area (Å²) in [7, 11) is 1.52. The minimum atomic E-state index is -4.55. The number of ether oxygens (including phenoxy) is 1. The number of hydrazine groups is 1. The van der Waals surface area contributed by atoms with Gasteiger partial charge in [-0.1, -0.05) is 0 Å². The second-order valence-corrected chi connectivity index (χ2v) is 3.65. The average Bonchev–Trinajstić information content (AvgIpc) is 2.38. The minimum absolute atomic E-state index is 0.148. The Hall–Kier alpha value is -1.61. The summed E-state index contributed by atoms with van der Waals surface area (Å²) in [4.78, 5) is 8.84. The topological polar surface area (TPSA) is 76.3 Å². The fraction of sp³-hybridized carbons (Fsp3) is 0.600. The van der Waals surface area contributed by atoms with Crippen LogP contribution >= 0.6 is 0 Å². The maximum absolute atomic E-state index is 12.7. The van der Waals surface area contributed by atoms with E-state index in [0.29, 0.717) is 19.7 Å². The van der Waals surface area contributed by atoms with Gasteiger partial charge in [0, 0.05) is 26.3 Å². The standard InChI is InChI=1S/C10H16F3N5O/c1-3-18(4-5-19-2)8-6-7(10(11,12)13)15-9(16-8)17-14/h6H,3-5,14H2,1-2H3,(H,15,16,17). The van der Waals surface area contributed by atoms with E-state index in [-0.39, 0.29) is 11.8 Å². The largest absolute Gasteiger partial charge is 0.433 e. The fourth-order valence-electron chi connectivity index (χ4n) is 1.44. The molecule has 9 heteroatoms. The molecule has 0 unspecified atom stereocenters. The van der Waals surface area contributed by atoms with E-state index in [2.05, 4.69) is 9.97 Å². The molecular formula is C10H16F3N5O. The number of rotatable bonds is 6. The third-order valence-electron chi connectivity index (χ3n) is 2.40. The van der Waals surface area contributed by atoms with Gasteiger partial charge in [-0.3, -0.25) is 5.43 Å². The first-order valence-corrected chi connectivity index (χ1v) is 5.59. The molecule has 0 saturated carbocycles. The predicted octanol–water partition coefficient (Wildman–Crippen LogP) is 1.25. The van der Waals surface area contributed by atoms with E-state index < -0.39 is 11.9 Å². The first-order valence-electron chi connectivity index (χ1n) is 5.59. The number of likely N-dealkylation sites (N-methyl/N-ethyl adjacent to an activating group) is 1. The van der Waals surface area contributed by atoms with E-state index >= 15 is 0 Å². The third-order valence-corrected chi connectivity index (χ3v) is 2.40. The number of hydrogen-bond acceptors (Lipinski definition) is 6. The molecule has 0 saturated heterocycles. The van der Waals surface area contributed by atoms with Crippen LogP contribution < -0.4 is 16.2 Å². The lowest BCUT2D eigenvalue weighted by molar-refractivity contribution is -0.141. The second kappa shape index (κ2) is 6.53. The molecule has 1 aromatic rings. The molecule has 0 aliphatic heterocycles. The molecule has 0 atom stereocenters. The first-order chi connectivity index (χ1) is 8.92. The number of anilines is 2. The highest BCUT2D eigenvalue weighted by atomic mass is 19.4. The van der Waals surface area contributed by atoms with Crippen molar-refractivity contribution in [2.75, 3.05) is 37.1 Å². The van der Waals surface area contributed by atoms with Crippen molar-refractivity contribution in [3.05, 3.63) is 11.8 Å². The van der Waals surface area contributed by atoms with Gasteiger partial charge in [0.15, 0.2) is 5.69 Å². The summed E-state index contributed by atoms with van der Waals surface area (Å²) in [6.45, 7) is 3.10. The van der Waals surface area contributed by atoms with Crippen LogP contribution in [0.4, 0.5) is 24.9 Å². The summed E-state index contributed by atoms with van der Waals surface area (Å²) >= 11 is 0. The van der Waals surface area contributed by atoms with Gasteiger partial charge in [-0.05, 0) is 6.92 Å². The fourth-order valence-corrected chi connectivity index (χ4v) is 1.44. The first kappa shape index (κ1) is 15.4. The van der Waals surface area contributed by atoms with Crippen LogP contribution in [0, 0.1) is 0 Å². The Labute approximate surface area is 108 Å². The number of nitrogens with one attached hydrogen (secondary N) is 1. The van der Waals surface area contributed by atoms with Crippen LogP contribution in [0.2, 0.25) is 0 Å². The van der Waals surface area contributed by atoms with Crippen molar-refractivity contribution in [1.29, 1.82) is 0 Å². The average molecular weight is 279 g/mol. The van der Waals surface area contributed by atoms with Crippen LogP contribution in [0.25, 0.3) is 0 Å².